The molecule has 0 aliphatic carbocycles. The number of methoxy groups -OCH3 is 1. The average Bonchev–Trinajstić information content (AvgIpc) is 3.18. The zero-order chi connectivity index (χ0) is 20.5. The standard InChI is InChI=1S/C20H31N7O2.HI/c1-4-21-20(23-14-19-25-24-15-26(19)2)22-13-18(27-9-11-29-12-10-27)16-5-7-17(28-3)8-6-16;/h5-8,15,18H,4,9-14H2,1-3H3,(H2,21,22,23);1H. The maximum Gasteiger partial charge on any atom is 0.191 e. The second kappa shape index (κ2) is 12.7. The number of aromatic nitrogens is 3. The Morgan fingerprint density at radius 2 is 1.97 bits per heavy atom. The van der Waals surface area contributed by atoms with Crippen LogP contribution in [0, 0.1) is 0 Å². The van der Waals surface area contributed by atoms with E-state index in [2.05, 4.69) is 49.8 Å². The van der Waals surface area contributed by atoms with E-state index in [1.807, 2.05) is 23.7 Å². The molecule has 1 atom stereocenters. The highest BCUT2D eigenvalue weighted by Crippen LogP contribution is 2.23. The number of hydrogen-bond donors (Lipinski definition) is 2. The Kier molecular flexibility index (Phi) is 10.3. The maximum atomic E-state index is 5.54. The van der Waals surface area contributed by atoms with Gasteiger partial charge in [0.1, 0.15) is 18.6 Å². The van der Waals surface area contributed by atoms with Gasteiger partial charge in [-0.15, -0.1) is 34.2 Å². The molecule has 3 rings (SSSR count). The molecule has 0 saturated carbocycles. The molecule has 9 nitrogen and oxygen atoms in total. The molecule has 0 radical (unpaired) electrons. The van der Waals surface area contributed by atoms with Crippen molar-refractivity contribution in [2.75, 3.05) is 46.5 Å². The molecule has 10 heteroatoms. The molecule has 1 aliphatic rings. The number of aliphatic imine (C=N–C) groups is 1. The van der Waals surface area contributed by atoms with Crippen LogP contribution in [-0.2, 0) is 18.3 Å². The molecule has 2 N–H and O–H groups in total. The van der Waals surface area contributed by atoms with Crippen molar-refractivity contribution >= 4 is 29.9 Å². The molecule has 166 valence electrons. The lowest BCUT2D eigenvalue weighted by atomic mass is 10.0. The minimum Gasteiger partial charge on any atom is -0.497 e. The molecule has 0 amide bonds. The fourth-order valence-electron chi connectivity index (χ4n) is 3.31. The van der Waals surface area contributed by atoms with E-state index in [1.54, 1.807) is 13.4 Å². The number of aryl methyl sites for hydroxylation is 1. The summed E-state index contributed by atoms with van der Waals surface area (Å²) in [6.45, 7) is 7.38. The van der Waals surface area contributed by atoms with E-state index in [1.165, 1.54) is 5.56 Å². The lowest BCUT2D eigenvalue weighted by Crippen LogP contribution is -2.46. The summed E-state index contributed by atoms with van der Waals surface area (Å²) in [5.41, 5.74) is 1.24. The minimum absolute atomic E-state index is 0. The molecule has 2 heterocycles. The van der Waals surface area contributed by atoms with Crippen molar-refractivity contribution < 1.29 is 9.47 Å². The molecule has 1 fully saturated rings. The number of nitrogens with zero attached hydrogens (tertiary/aromatic N) is 5. The first-order valence-electron chi connectivity index (χ1n) is 10.0. The van der Waals surface area contributed by atoms with Gasteiger partial charge in [0.25, 0.3) is 0 Å². The number of rotatable bonds is 8. The van der Waals surface area contributed by atoms with E-state index in [4.69, 9.17) is 9.47 Å². The number of guanidine groups is 1. The highest BCUT2D eigenvalue weighted by Gasteiger charge is 2.23. The van der Waals surface area contributed by atoms with Crippen molar-refractivity contribution in [1.29, 1.82) is 0 Å². The van der Waals surface area contributed by atoms with Gasteiger partial charge in [-0.05, 0) is 24.6 Å². The van der Waals surface area contributed by atoms with Crippen LogP contribution in [0.5, 0.6) is 5.75 Å². The second-order valence-electron chi connectivity index (χ2n) is 6.87. The smallest absolute Gasteiger partial charge is 0.191 e. The van der Waals surface area contributed by atoms with Gasteiger partial charge in [0.15, 0.2) is 11.8 Å². The molecule has 0 spiro atoms. The molecule has 1 aromatic carbocycles. The van der Waals surface area contributed by atoms with Gasteiger partial charge in [-0.1, -0.05) is 12.1 Å². The molecule has 1 aromatic heterocycles. The van der Waals surface area contributed by atoms with Crippen molar-refractivity contribution in [3.63, 3.8) is 0 Å². The fraction of sp³-hybridized carbons (Fsp3) is 0.550. The van der Waals surface area contributed by atoms with Crippen LogP contribution >= 0.6 is 24.0 Å². The van der Waals surface area contributed by atoms with Gasteiger partial charge in [0, 0.05) is 33.2 Å². The van der Waals surface area contributed by atoms with Crippen LogP contribution in [0.25, 0.3) is 0 Å². The number of hydrogen-bond acceptors (Lipinski definition) is 6. The fourth-order valence-corrected chi connectivity index (χ4v) is 3.31. The lowest BCUT2D eigenvalue weighted by Gasteiger charge is -2.35. The first-order chi connectivity index (χ1) is 14.2. The average molecular weight is 529 g/mol. The van der Waals surface area contributed by atoms with Crippen LogP contribution in [0.15, 0.2) is 35.6 Å². The third-order valence-electron chi connectivity index (χ3n) is 4.98. The van der Waals surface area contributed by atoms with Crippen molar-refractivity contribution in [3.8, 4) is 5.75 Å². The summed E-state index contributed by atoms with van der Waals surface area (Å²) in [5, 5.41) is 14.8. The Balaban J connectivity index is 0.00000320. The normalized spacial score (nSPS) is 15.9. The molecule has 1 saturated heterocycles. The third kappa shape index (κ3) is 6.81. The minimum atomic E-state index is 0. The molecule has 1 unspecified atom stereocenters. The Morgan fingerprint density at radius 3 is 2.57 bits per heavy atom. The van der Waals surface area contributed by atoms with Gasteiger partial charge in [0.2, 0.25) is 0 Å². The number of ether oxygens (including phenoxy) is 2. The Labute approximate surface area is 195 Å². The van der Waals surface area contributed by atoms with Gasteiger partial charge < -0.3 is 24.7 Å². The van der Waals surface area contributed by atoms with Crippen LogP contribution < -0.4 is 15.4 Å². The zero-order valence-corrected chi connectivity index (χ0v) is 20.2. The van der Waals surface area contributed by atoms with Crippen molar-refractivity contribution in [3.05, 3.63) is 42.0 Å². The van der Waals surface area contributed by atoms with E-state index >= 15 is 0 Å². The molecular weight excluding hydrogens is 497 g/mol. The third-order valence-corrected chi connectivity index (χ3v) is 4.98. The van der Waals surface area contributed by atoms with Crippen LogP contribution in [-0.4, -0.2) is 72.1 Å². The van der Waals surface area contributed by atoms with Gasteiger partial charge in [-0.3, -0.25) is 4.90 Å². The maximum absolute atomic E-state index is 5.54. The molecular formula is C20H32IN7O2. The first kappa shape index (κ1) is 24.4. The highest BCUT2D eigenvalue weighted by atomic mass is 127. The summed E-state index contributed by atoms with van der Waals surface area (Å²) < 4.78 is 12.7. The number of nitrogens with one attached hydrogen (secondary N) is 2. The summed E-state index contributed by atoms with van der Waals surface area (Å²) in [5.74, 6) is 2.45. The Hall–Kier alpha value is -1.92. The molecule has 2 aromatic rings. The van der Waals surface area contributed by atoms with Crippen molar-refractivity contribution in [2.24, 2.45) is 12.0 Å². The van der Waals surface area contributed by atoms with Crippen LogP contribution in [0.3, 0.4) is 0 Å². The largest absolute Gasteiger partial charge is 0.497 e. The van der Waals surface area contributed by atoms with Gasteiger partial charge in [-0.25, -0.2) is 4.99 Å². The molecule has 0 bridgehead atoms. The molecule has 1 aliphatic heterocycles. The Morgan fingerprint density at radius 1 is 1.23 bits per heavy atom. The van der Waals surface area contributed by atoms with E-state index in [9.17, 15) is 0 Å². The molecule has 30 heavy (non-hydrogen) atoms. The zero-order valence-electron chi connectivity index (χ0n) is 17.9. The summed E-state index contributed by atoms with van der Waals surface area (Å²) >= 11 is 0. The predicted molar refractivity (Wildman–Crippen MR) is 127 cm³/mol. The van der Waals surface area contributed by atoms with Gasteiger partial charge >= 0.3 is 0 Å². The monoisotopic (exact) mass is 529 g/mol. The van der Waals surface area contributed by atoms with E-state index in [0.29, 0.717) is 6.54 Å². The summed E-state index contributed by atoms with van der Waals surface area (Å²) in [4.78, 5) is 7.11. The summed E-state index contributed by atoms with van der Waals surface area (Å²) in [6, 6.07) is 8.49. The highest BCUT2D eigenvalue weighted by molar-refractivity contribution is 14.0. The van der Waals surface area contributed by atoms with Crippen LogP contribution in [0.1, 0.15) is 24.4 Å². The number of morpholine rings is 1. The van der Waals surface area contributed by atoms with Gasteiger partial charge in [0.05, 0.1) is 26.4 Å². The van der Waals surface area contributed by atoms with Gasteiger partial charge in [-0.2, -0.15) is 0 Å². The predicted octanol–water partition coefficient (Wildman–Crippen LogP) is 1.57. The lowest BCUT2D eigenvalue weighted by molar-refractivity contribution is 0.0170. The quantitative estimate of drug-likeness (QED) is 0.305. The summed E-state index contributed by atoms with van der Waals surface area (Å²) in [6.07, 6.45) is 1.68. The van der Waals surface area contributed by atoms with E-state index in [0.717, 1.165) is 56.9 Å². The van der Waals surface area contributed by atoms with E-state index in [-0.39, 0.29) is 30.0 Å². The number of halogens is 1. The van der Waals surface area contributed by atoms with Crippen molar-refractivity contribution in [2.45, 2.75) is 19.5 Å². The Bertz CT molecular complexity index is 776. The summed E-state index contributed by atoms with van der Waals surface area (Å²) in [7, 11) is 3.61. The van der Waals surface area contributed by atoms with E-state index < -0.39 is 0 Å². The second-order valence-corrected chi connectivity index (χ2v) is 6.87. The van der Waals surface area contributed by atoms with Crippen LogP contribution in [0.2, 0.25) is 0 Å². The first-order valence-corrected chi connectivity index (χ1v) is 10.0. The topological polar surface area (TPSA) is 88.8 Å². The SMILES string of the molecule is CCNC(=NCc1nncn1C)NCC(c1ccc(OC)cc1)N1CCOCC1.I. The number of benzene rings is 1. The van der Waals surface area contributed by atoms with Crippen LogP contribution in [0.4, 0.5) is 0 Å². The van der Waals surface area contributed by atoms with Crippen molar-refractivity contribution in [1.82, 2.24) is 30.3 Å².